The molecule has 54 valence electrons. The van der Waals surface area contributed by atoms with Gasteiger partial charge >= 0.3 is 0 Å². The number of nitrogens with zero attached hydrogens (tertiary/aromatic N) is 3. The van der Waals surface area contributed by atoms with E-state index in [1.54, 1.807) is 0 Å². The molecule has 6 nitrogen and oxygen atoms in total. The van der Waals surface area contributed by atoms with Crippen LogP contribution in [0.15, 0.2) is 0 Å². The summed E-state index contributed by atoms with van der Waals surface area (Å²) in [6, 6.07) is 0. The van der Waals surface area contributed by atoms with Crippen LogP contribution >= 0.6 is 0 Å². The molecule has 1 atom stereocenters. The molecule has 1 aromatic rings. The van der Waals surface area contributed by atoms with Gasteiger partial charge in [-0.3, -0.25) is 5.32 Å². The summed E-state index contributed by atoms with van der Waals surface area (Å²) >= 11 is 0. The molecule has 0 aliphatic carbocycles. The zero-order chi connectivity index (χ0) is 6.81. The van der Waals surface area contributed by atoms with Crippen molar-refractivity contribution in [2.45, 2.75) is 6.23 Å². The normalized spacial score (nSPS) is 25.4. The van der Waals surface area contributed by atoms with E-state index in [4.69, 9.17) is 4.74 Å². The van der Waals surface area contributed by atoms with Crippen LogP contribution in [0.25, 0.3) is 0 Å². The van der Waals surface area contributed by atoms with Crippen LogP contribution in [0.1, 0.15) is 12.1 Å². The summed E-state index contributed by atoms with van der Waals surface area (Å²) < 4.78 is 5.20. The summed E-state index contributed by atoms with van der Waals surface area (Å²) in [7, 11) is 0. The average molecular weight is 141 g/mol. The van der Waals surface area contributed by atoms with Gasteiger partial charge in [0.2, 0.25) is 5.82 Å². The standard InChI is InChI=1S/C4H7N5O/c1-2-10-4(5-1)3-6-8-9-7-3/h4-5H,1-2H2,(H,6,7,8,9). The van der Waals surface area contributed by atoms with E-state index in [1.807, 2.05) is 0 Å². The number of aromatic nitrogens is 4. The third-order valence-electron chi connectivity index (χ3n) is 1.31. The lowest BCUT2D eigenvalue weighted by molar-refractivity contribution is 0.0948. The van der Waals surface area contributed by atoms with Crippen LogP contribution in [0, 0.1) is 0 Å². The van der Waals surface area contributed by atoms with Crippen molar-refractivity contribution in [1.82, 2.24) is 25.9 Å². The number of tetrazole rings is 1. The SMILES string of the molecule is C1COC(c2nn[nH]n2)N1. The van der Waals surface area contributed by atoms with Crippen molar-refractivity contribution < 1.29 is 4.74 Å². The predicted molar refractivity (Wildman–Crippen MR) is 30.9 cm³/mol. The third-order valence-corrected chi connectivity index (χ3v) is 1.31. The van der Waals surface area contributed by atoms with Crippen LogP contribution in [-0.2, 0) is 4.74 Å². The minimum atomic E-state index is -0.168. The van der Waals surface area contributed by atoms with E-state index in [9.17, 15) is 0 Å². The van der Waals surface area contributed by atoms with Gasteiger partial charge in [0, 0.05) is 6.54 Å². The summed E-state index contributed by atoms with van der Waals surface area (Å²) in [6.07, 6.45) is -0.168. The maximum atomic E-state index is 5.20. The molecule has 0 aromatic carbocycles. The number of hydrogen-bond acceptors (Lipinski definition) is 5. The summed E-state index contributed by atoms with van der Waals surface area (Å²) in [6.45, 7) is 1.55. The van der Waals surface area contributed by atoms with Crippen molar-refractivity contribution in [3.8, 4) is 0 Å². The largest absolute Gasteiger partial charge is 0.354 e. The first-order valence-corrected chi connectivity index (χ1v) is 3.05. The van der Waals surface area contributed by atoms with Gasteiger partial charge in [0.1, 0.15) is 0 Å². The van der Waals surface area contributed by atoms with Gasteiger partial charge in [-0.1, -0.05) is 5.21 Å². The Balaban J connectivity index is 2.12. The van der Waals surface area contributed by atoms with Crippen LogP contribution in [0.2, 0.25) is 0 Å². The second-order valence-corrected chi connectivity index (χ2v) is 1.97. The molecule has 0 saturated carbocycles. The Morgan fingerprint density at radius 1 is 1.60 bits per heavy atom. The molecule has 2 rings (SSSR count). The highest BCUT2D eigenvalue weighted by Gasteiger charge is 2.19. The predicted octanol–water partition coefficient (Wildman–Crippen LogP) is -1.18. The Kier molecular flexibility index (Phi) is 1.33. The zero-order valence-corrected chi connectivity index (χ0v) is 5.24. The molecule has 10 heavy (non-hydrogen) atoms. The Morgan fingerprint density at radius 3 is 3.20 bits per heavy atom. The smallest absolute Gasteiger partial charge is 0.218 e. The molecule has 0 radical (unpaired) electrons. The van der Waals surface area contributed by atoms with Gasteiger partial charge in [-0.25, -0.2) is 0 Å². The van der Waals surface area contributed by atoms with Crippen molar-refractivity contribution in [3.05, 3.63) is 5.82 Å². The quantitative estimate of drug-likeness (QED) is 0.514. The molecular formula is C4H7N5O. The minimum Gasteiger partial charge on any atom is -0.354 e. The first-order chi connectivity index (χ1) is 4.97. The van der Waals surface area contributed by atoms with Gasteiger partial charge in [0.25, 0.3) is 0 Å². The molecule has 6 heteroatoms. The van der Waals surface area contributed by atoms with Crippen molar-refractivity contribution >= 4 is 0 Å². The second kappa shape index (κ2) is 2.31. The monoisotopic (exact) mass is 141 g/mol. The van der Waals surface area contributed by atoms with Gasteiger partial charge < -0.3 is 4.74 Å². The van der Waals surface area contributed by atoms with E-state index in [0.29, 0.717) is 12.4 Å². The lowest BCUT2D eigenvalue weighted by Crippen LogP contribution is -2.15. The lowest BCUT2D eigenvalue weighted by Gasteiger charge is -2.01. The van der Waals surface area contributed by atoms with E-state index < -0.39 is 0 Å². The summed E-state index contributed by atoms with van der Waals surface area (Å²) in [4.78, 5) is 0. The molecule has 0 bridgehead atoms. The van der Waals surface area contributed by atoms with Crippen LogP contribution < -0.4 is 5.32 Å². The summed E-state index contributed by atoms with van der Waals surface area (Å²) in [5.74, 6) is 0.567. The molecule has 2 N–H and O–H groups in total. The van der Waals surface area contributed by atoms with Crippen LogP contribution in [-0.4, -0.2) is 33.8 Å². The maximum absolute atomic E-state index is 5.20. The molecule has 1 aliphatic rings. The molecule has 1 unspecified atom stereocenters. The molecule has 1 aromatic heterocycles. The Bertz CT molecular complexity index is 191. The highest BCUT2D eigenvalue weighted by atomic mass is 16.5. The first kappa shape index (κ1) is 5.75. The number of nitrogens with one attached hydrogen (secondary N) is 2. The number of rotatable bonds is 1. The topological polar surface area (TPSA) is 75.7 Å². The lowest BCUT2D eigenvalue weighted by atomic mass is 10.5. The molecular weight excluding hydrogens is 134 g/mol. The minimum absolute atomic E-state index is 0.168. The molecule has 0 spiro atoms. The van der Waals surface area contributed by atoms with Crippen molar-refractivity contribution in [3.63, 3.8) is 0 Å². The summed E-state index contributed by atoms with van der Waals surface area (Å²) in [5.41, 5.74) is 0. The van der Waals surface area contributed by atoms with E-state index >= 15 is 0 Å². The van der Waals surface area contributed by atoms with Gasteiger partial charge in [0.05, 0.1) is 6.61 Å². The van der Waals surface area contributed by atoms with E-state index in [2.05, 4.69) is 25.9 Å². The van der Waals surface area contributed by atoms with Crippen LogP contribution in [0.4, 0.5) is 0 Å². The summed E-state index contributed by atoms with van der Waals surface area (Å²) in [5, 5.41) is 16.3. The fraction of sp³-hybridized carbons (Fsp3) is 0.750. The molecule has 0 amide bonds. The number of H-pyrrole nitrogens is 1. The van der Waals surface area contributed by atoms with Crippen molar-refractivity contribution in [2.24, 2.45) is 0 Å². The zero-order valence-electron chi connectivity index (χ0n) is 5.24. The second-order valence-electron chi connectivity index (χ2n) is 1.97. The van der Waals surface area contributed by atoms with Gasteiger partial charge in [0.15, 0.2) is 6.23 Å². The van der Waals surface area contributed by atoms with Crippen LogP contribution in [0.5, 0.6) is 0 Å². The fourth-order valence-corrected chi connectivity index (χ4v) is 0.872. The fourth-order valence-electron chi connectivity index (χ4n) is 0.872. The average Bonchev–Trinajstić information content (AvgIpc) is 2.59. The Hall–Kier alpha value is -1.01. The molecule has 1 saturated heterocycles. The van der Waals surface area contributed by atoms with Gasteiger partial charge in [-0.15, -0.1) is 10.2 Å². The number of aromatic amines is 1. The highest BCUT2D eigenvalue weighted by Crippen LogP contribution is 2.10. The van der Waals surface area contributed by atoms with E-state index in [0.717, 1.165) is 6.54 Å². The number of hydrogen-bond donors (Lipinski definition) is 2. The van der Waals surface area contributed by atoms with Gasteiger partial charge in [-0.2, -0.15) is 5.21 Å². The van der Waals surface area contributed by atoms with E-state index in [1.165, 1.54) is 0 Å². The molecule has 1 aliphatic heterocycles. The Labute approximate surface area is 57.0 Å². The molecule has 1 fully saturated rings. The van der Waals surface area contributed by atoms with E-state index in [-0.39, 0.29) is 6.23 Å². The van der Waals surface area contributed by atoms with Crippen molar-refractivity contribution in [2.75, 3.05) is 13.2 Å². The van der Waals surface area contributed by atoms with Crippen molar-refractivity contribution in [1.29, 1.82) is 0 Å². The highest BCUT2D eigenvalue weighted by molar-refractivity contribution is 4.84. The first-order valence-electron chi connectivity index (χ1n) is 3.05. The third kappa shape index (κ3) is 0.869. The number of ether oxygens (including phenoxy) is 1. The van der Waals surface area contributed by atoms with Gasteiger partial charge in [-0.05, 0) is 0 Å². The van der Waals surface area contributed by atoms with Crippen LogP contribution in [0.3, 0.4) is 0 Å². The Morgan fingerprint density at radius 2 is 2.60 bits per heavy atom. The maximum Gasteiger partial charge on any atom is 0.218 e. The molecule has 2 heterocycles.